The third-order valence-electron chi connectivity index (χ3n) is 5.67. The lowest BCUT2D eigenvalue weighted by Gasteiger charge is -2.27. The highest BCUT2D eigenvalue weighted by Gasteiger charge is 2.35. The minimum atomic E-state index is -4.12. The van der Waals surface area contributed by atoms with E-state index in [1.165, 1.54) is 23.5 Å². The molecule has 1 saturated heterocycles. The lowest BCUT2D eigenvalue weighted by molar-refractivity contribution is 0.106. The molecular formula is C22H24N4O6S2. The average Bonchev–Trinajstić information content (AvgIpc) is 3.39. The molecule has 1 aromatic carbocycles. The van der Waals surface area contributed by atoms with Crippen molar-refractivity contribution in [2.45, 2.75) is 31.8 Å². The van der Waals surface area contributed by atoms with E-state index < -0.39 is 16.2 Å². The number of ether oxygens (including phenoxy) is 2. The molecule has 0 unspecified atom stereocenters. The van der Waals surface area contributed by atoms with Crippen LogP contribution in [0.3, 0.4) is 0 Å². The summed E-state index contributed by atoms with van der Waals surface area (Å²) in [7, 11) is -4.12. The zero-order valence-electron chi connectivity index (χ0n) is 18.8. The molecule has 1 amide bonds. The number of amides is 1. The number of morpholine rings is 1. The number of nitrogens with zero attached hydrogens (tertiary/aromatic N) is 4. The summed E-state index contributed by atoms with van der Waals surface area (Å²) in [5.74, 6) is -0.0621. The summed E-state index contributed by atoms with van der Waals surface area (Å²) in [6.07, 6.45) is -0.403. The van der Waals surface area contributed by atoms with Crippen molar-refractivity contribution in [3.05, 3.63) is 41.1 Å². The van der Waals surface area contributed by atoms with Crippen molar-refractivity contribution in [1.82, 2.24) is 14.9 Å². The first-order valence-electron chi connectivity index (χ1n) is 10.9. The molecule has 10 nitrogen and oxygen atoms in total. The normalized spacial score (nSPS) is 16.1. The number of aromatic nitrogens is 2. The maximum Gasteiger partial charge on any atom is 0.410 e. The van der Waals surface area contributed by atoms with Gasteiger partial charge in [-0.1, -0.05) is 29.0 Å². The number of benzene rings is 1. The van der Waals surface area contributed by atoms with Crippen LogP contribution in [-0.2, 0) is 32.7 Å². The first-order valence-corrected chi connectivity index (χ1v) is 13.2. The third-order valence-corrected chi connectivity index (χ3v) is 8.08. The highest BCUT2D eigenvalue weighted by molar-refractivity contribution is 7.87. The standard InChI is InChI=1S/C22H24N4O6S2/c1-3-31-22(27)26-12-16-17(13-26)23-18-19(16)33-21(25-8-10-30-11-9-25)24-20(18)32-34(28,29)15-6-4-14(2)5-7-15/h4-7H,3,8-13H2,1-2H3. The number of rotatable bonds is 5. The van der Waals surface area contributed by atoms with Crippen LogP contribution in [0.15, 0.2) is 29.2 Å². The summed E-state index contributed by atoms with van der Waals surface area (Å²) in [4.78, 5) is 25.9. The van der Waals surface area contributed by atoms with E-state index in [1.54, 1.807) is 24.0 Å². The van der Waals surface area contributed by atoms with Crippen molar-refractivity contribution in [2.24, 2.45) is 0 Å². The van der Waals surface area contributed by atoms with E-state index in [2.05, 4.69) is 9.97 Å². The van der Waals surface area contributed by atoms with Gasteiger partial charge in [-0.2, -0.15) is 13.4 Å². The number of carbonyl (C=O) groups excluding carboxylic acids is 1. The van der Waals surface area contributed by atoms with Gasteiger partial charge in [-0.05, 0) is 26.0 Å². The molecule has 0 bridgehead atoms. The summed E-state index contributed by atoms with van der Waals surface area (Å²) < 4.78 is 42.2. The van der Waals surface area contributed by atoms with Gasteiger partial charge in [-0.3, -0.25) is 4.90 Å². The Balaban J connectivity index is 1.55. The monoisotopic (exact) mass is 504 g/mol. The van der Waals surface area contributed by atoms with Gasteiger partial charge in [-0.25, -0.2) is 9.78 Å². The molecule has 1 fully saturated rings. The quantitative estimate of drug-likeness (QED) is 0.484. The lowest BCUT2D eigenvalue weighted by Crippen LogP contribution is -2.36. The van der Waals surface area contributed by atoms with Crippen molar-refractivity contribution in [2.75, 3.05) is 37.8 Å². The fourth-order valence-electron chi connectivity index (χ4n) is 3.91. The minimum Gasteiger partial charge on any atom is -0.450 e. The Hall–Kier alpha value is -2.96. The Morgan fingerprint density at radius 3 is 2.59 bits per heavy atom. The molecule has 0 atom stereocenters. The van der Waals surface area contributed by atoms with Crippen LogP contribution in [0.25, 0.3) is 10.6 Å². The van der Waals surface area contributed by atoms with E-state index in [-0.39, 0.29) is 23.9 Å². The molecule has 180 valence electrons. The molecule has 0 aromatic heterocycles. The summed E-state index contributed by atoms with van der Waals surface area (Å²) in [5.41, 5.74) is 2.88. The number of aryl methyl sites for hydroxylation is 1. The second-order valence-corrected chi connectivity index (χ2v) is 10.5. The largest absolute Gasteiger partial charge is 0.450 e. The van der Waals surface area contributed by atoms with E-state index in [1.807, 2.05) is 11.8 Å². The van der Waals surface area contributed by atoms with Crippen LogP contribution in [0, 0.1) is 6.92 Å². The third kappa shape index (κ3) is 4.28. The summed E-state index contributed by atoms with van der Waals surface area (Å²) >= 11 is 1.41. The molecule has 0 radical (unpaired) electrons. The van der Waals surface area contributed by atoms with Gasteiger partial charge in [0.05, 0.1) is 43.5 Å². The van der Waals surface area contributed by atoms with Gasteiger partial charge in [0.15, 0.2) is 5.13 Å². The molecule has 4 aliphatic heterocycles. The number of hydrogen-bond donors (Lipinski definition) is 0. The smallest absolute Gasteiger partial charge is 0.410 e. The van der Waals surface area contributed by atoms with Crippen molar-refractivity contribution in [3.63, 3.8) is 0 Å². The zero-order chi connectivity index (χ0) is 23.9. The number of hydrogen-bond acceptors (Lipinski definition) is 10. The predicted octanol–water partition coefficient (Wildman–Crippen LogP) is 3.03. The number of carbonyl (C=O) groups is 1. The SMILES string of the molecule is CCOC(=O)N1Cc2nc3c(OS(=O)(=O)c4ccc(C)cc4)nc(N4CCOCC4)sc-3c2C1. The topological polar surface area (TPSA) is 111 Å². The predicted molar refractivity (Wildman–Crippen MR) is 125 cm³/mol. The number of anilines is 1. The van der Waals surface area contributed by atoms with Crippen LogP contribution in [0.2, 0.25) is 0 Å². The molecule has 0 spiro atoms. The van der Waals surface area contributed by atoms with Gasteiger partial charge in [-0.15, -0.1) is 0 Å². The minimum absolute atomic E-state index is 0.0427. The van der Waals surface area contributed by atoms with E-state index in [0.717, 1.165) is 16.0 Å². The van der Waals surface area contributed by atoms with Crippen LogP contribution >= 0.6 is 11.3 Å². The molecule has 4 aliphatic rings. The van der Waals surface area contributed by atoms with Gasteiger partial charge >= 0.3 is 16.2 Å². The fourth-order valence-corrected chi connectivity index (χ4v) is 5.95. The highest BCUT2D eigenvalue weighted by Crippen LogP contribution is 2.45. The van der Waals surface area contributed by atoms with E-state index >= 15 is 0 Å². The molecule has 5 rings (SSSR count). The second-order valence-electron chi connectivity index (χ2n) is 8.02. The number of fused-ring (bicyclic) bond motifs is 3. The van der Waals surface area contributed by atoms with Crippen molar-refractivity contribution < 1.29 is 26.9 Å². The Labute approximate surface area is 201 Å². The van der Waals surface area contributed by atoms with Crippen LogP contribution in [0.1, 0.15) is 23.7 Å². The first kappa shape index (κ1) is 22.8. The van der Waals surface area contributed by atoms with Crippen LogP contribution in [0.4, 0.5) is 9.93 Å². The zero-order valence-corrected chi connectivity index (χ0v) is 20.4. The van der Waals surface area contributed by atoms with Gasteiger partial charge in [0.2, 0.25) is 0 Å². The molecule has 0 aliphatic carbocycles. The Bertz CT molecular complexity index is 1290. The molecule has 34 heavy (non-hydrogen) atoms. The Morgan fingerprint density at radius 1 is 1.15 bits per heavy atom. The van der Waals surface area contributed by atoms with E-state index in [4.69, 9.17) is 13.7 Å². The Morgan fingerprint density at radius 2 is 1.88 bits per heavy atom. The maximum atomic E-state index is 13.0. The van der Waals surface area contributed by atoms with E-state index in [9.17, 15) is 13.2 Å². The van der Waals surface area contributed by atoms with Gasteiger partial charge in [0, 0.05) is 18.7 Å². The average molecular weight is 505 g/mol. The lowest BCUT2D eigenvalue weighted by atomic mass is 10.2. The van der Waals surface area contributed by atoms with Gasteiger partial charge < -0.3 is 18.6 Å². The van der Waals surface area contributed by atoms with Crippen molar-refractivity contribution in [1.29, 1.82) is 0 Å². The van der Waals surface area contributed by atoms with E-state index in [0.29, 0.717) is 49.4 Å². The summed E-state index contributed by atoms with van der Waals surface area (Å²) in [6.45, 7) is 6.91. The molecule has 0 saturated carbocycles. The highest BCUT2D eigenvalue weighted by atomic mass is 32.2. The summed E-state index contributed by atoms with van der Waals surface area (Å²) in [6, 6.07) is 6.44. The molecule has 1 aromatic rings. The fraction of sp³-hybridized carbons (Fsp3) is 0.409. The van der Waals surface area contributed by atoms with Crippen molar-refractivity contribution in [3.8, 4) is 16.5 Å². The first-order chi connectivity index (χ1) is 16.4. The molecule has 4 heterocycles. The maximum absolute atomic E-state index is 13.0. The molecule has 0 N–H and O–H groups in total. The van der Waals surface area contributed by atoms with Crippen LogP contribution < -0.4 is 9.08 Å². The van der Waals surface area contributed by atoms with Gasteiger partial charge in [0.25, 0.3) is 5.88 Å². The van der Waals surface area contributed by atoms with Crippen LogP contribution in [-0.4, -0.2) is 62.3 Å². The Kier molecular flexibility index (Phi) is 6.04. The molecular weight excluding hydrogens is 480 g/mol. The van der Waals surface area contributed by atoms with Gasteiger partial charge in [0.1, 0.15) is 10.6 Å². The van der Waals surface area contributed by atoms with Crippen molar-refractivity contribution >= 4 is 32.7 Å². The molecule has 12 heteroatoms. The van der Waals surface area contributed by atoms with Crippen LogP contribution in [0.5, 0.6) is 5.88 Å². The summed E-state index contributed by atoms with van der Waals surface area (Å²) in [5, 5.41) is 0.620. The second kappa shape index (κ2) is 9.01.